The first-order valence-corrected chi connectivity index (χ1v) is 12.3. The highest BCUT2D eigenvalue weighted by molar-refractivity contribution is 5.52. The van der Waals surface area contributed by atoms with Crippen molar-refractivity contribution in [3.63, 3.8) is 0 Å². The lowest BCUT2D eigenvalue weighted by atomic mass is 9.84. The van der Waals surface area contributed by atoms with Crippen molar-refractivity contribution in [1.29, 1.82) is 0 Å². The smallest absolute Gasteiger partial charge is 0.122 e. The van der Waals surface area contributed by atoms with Crippen LogP contribution in [0.2, 0.25) is 0 Å². The Kier molecular flexibility index (Phi) is 7.89. The summed E-state index contributed by atoms with van der Waals surface area (Å²) in [6.45, 7) is 16.2. The van der Waals surface area contributed by atoms with E-state index >= 15 is 0 Å². The maximum atomic E-state index is 10.7. The molecule has 176 valence electrons. The number of hydrogen-bond donors (Lipinski definition) is 1. The quantitative estimate of drug-likeness (QED) is 0.381. The molecule has 0 radical (unpaired) electrons. The van der Waals surface area contributed by atoms with E-state index in [9.17, 15) is 5.11 Å². The van der Waals surface area contributed by atoms with E-state index in [1.165, 1.54) is 22.4 Å². The van der Waals surface area contributed by atoms with Crippen LogP contribution in [0.1, 0.15) is 75.8 Å². The molecule has 3 rings (SSSR count). The molecule has 0 aliphatic rings. The molecule has 0 fully saturated rings. The van der Waals surface area contributed by atoms with Crippen molar-refractivity contribution in [3.8, 4) is 5.75 Å². The van der Waals surface area contributed by atoms with Crippen LogP contribution in [0.4, 0.5) is 5.69 Å². The first-order valence-electron chi connectivity index (χ1n) is 12.3. The number of hydrogen-bond acceptors (Lipinski definition) is 2. The predicted molar refractivity (Wildman–Crippen MR) is 142 cm³/mol. The Bertz CT molecular complexity index is 1030. The van der Waals surface area contributed by atoms with Gasteiger partial charge in [0, 0.05) is 18.3 Å². The number of phenolic OH excluding ortho intramolecular Hbond substituents is 1. The van der Waals surface area contributed by atoms with E-state index in [1.54, 1.807) is 0 Å². The molecule has 0 bridgehead atoms. The van der Waals surface area contributed by atoms with Crippen LogP contribution in [0.25, 0.3) is 0 Å². The van der Waals surface area contributed by atoms with Gasteiger partial charge < -0.3 is 10.0 Å². The molecule has 3 aromatic carbocycles. The van der Waals surface area contributed by atoms with Gasteiger partial charge in [-0.25, -0.2) is 0 Å². The van der Waals surface area contributed by atoms with Gasteiger partial charge in [-0.15, -0.1) is 0 Å². The van der Waals surface area contributed by atoms with Crippen molar-refractivity contribution in [1.82, 2.24) is 0 Å². The number of phenols is 1. The minimum Gasteiger partial charge on any atom is -0.507 e. The molecular formula is C31H41NO. The zero-order valence-electron chi connectivity index (χ0n) is 21.5. The van der Waals surface area contributed by atoms with Gasteiger partial charge in [0.2, 0.25) is 0 Å². The Hall–Kier alpha value is -2.74. The third-order valence-corrected chi connectivity index (χ3v) is 6.38. The molecule has 3 aromatic rings. The Morgan fingerprint density at radius 1 is 0.818 bits per heavy atom. The third kappa shape index (κ3) is 6.63. The molecule has 0 amide bonds. The van der Waals surface area contributed by atoms with Gasteiger partial charge in [0.15, 0.2) is 0 Å². The van der Waals surface area contributed by atoms with Crippen molar-refractivity contribution < 1.29 is 5.11 Å². The van der Waals surface area contributed by atoms with Crippen molar-refractivity contribution in [3.05, 3.63) is 94.5 Å². The van der Waals surface area contributed by atoms with Gasteiger partial charge in [-0.3, -0.25) is 0 Å². The molecule has 0 heterocycles. The Morgan fingerprint density at radius 3 is 2.00 bits per heavy atom. The van der Waals surface area contributed by atoms with E-state index in [0.717, 1.165) is 30.5 Å². The zero-order valence-corrected chi connectivity index (χ0v) is 21.5. The fraction of sp³-hybridized carbons (Fsp3) is 0.419. The average Bonchev–Trinajstić information content (AvgIpc) is 2.74. The highest BCUT2D eigenvalue weighted by Crippen LogP contribution is 2.35. The lowest BCUT2D eigenvalue weighted by Crippen LogP contribution is -2.33. The van der Waals surface area contributed by atoms with Crippen LogP contribution in [-0.4, -0.2) is 11.1 Å². The molecule has 1 N–H and O–H groups in total. The molecule has 33 heavy (non-hydrogen) atoms. The molecule has 0 spiro atoms. The van der Waals surface area contributed by atoms with Crippen LogP contribution in [0, 0.1) is 12.8 Å². The lowest BCUT2D eigenvalue weighted by Gasteiger charge is -2.33. The summed E-state index contributed by atoms with van der Waals surface area (Å²) in [6, 6.07) is 24.5. The summed E-state index contributed by atoms with van der Waals surface area (Å²) in [5.74, 6) is 1.06. The normalized spacial score (nSPS) is 12.7. The van der Waals surface area contributed by atoms with Gasteiger partial charge in [-0.1, -0.05) is 83.1 Å². The van der Waals surface area contributed by atoms with Crippen LogP contribution in [0.3, 0.4) is 0 Å². The first-order chi connectivity index (χ1) is 15.5. The molecule has 1 unspecified atom stereocenters. The summed E-state index contributed by atoms with van der Waals surface area (Å²) in [6.07, 6.45) is 2.09. The maximum absolute atomic E-state index is 10.7. The molecule has 0 aromatic heterocycles. The molecule has 1 atom stereocenters. The second-order valence-corrected chi connectivity index (χ2v) is 11.0. The number of rotatable bonds is 8. The molecular weight excluding hydrogens is 402 g/mol. The van der Waals surface area contributed by atoms with Crippen molar-refractivity contribution >= 4 is 5.69 Å². The SMILES string of the molecule is Cc1cc(CN(c2ccc(Cc3ccccc3)cc2)C(C)CC(C)C)cc(C(C)(C)C)c1O. The second-order valence-electron chi connectivity index (χ2n) is 11.0. The minimum absolute atomic E-state index is 0.0989. The highest BCUT2D eigenvalue weighted by atomic mass is 16.3. The average molecular weight is 444 g/mol. The van der Waals surface area contributed by atoms with Gasteiger partial charge in [0.05, 0.1) is 0 Å². The molecule has 0 aliphatic carbocycles. The zero-order chi connectivity index (χ0) is 24.2. The van der Waals surface area contributed by atoms with Gasteiger partial charge in [0.25, 0.3) is 0 Å². The van der Waals surface area contributed by atoms with Crippen LogP contribution in [0.5, 0.6) is 5.75 Å². The monoisotopic (exact) mass is 443 g/mol. The molecule has 0 aliphatic heterocycles. The van der Waals surface area contributed by atoms with Gasteiger partial charge >= 0.3 is 0 Å². The van der Waals surface area contributed by atoms with E-state index in [0.29, 0.717) is 17.7 Å². The number of aryl methyl sites for hydroxylation is 1. The summed E-state index contributed by atoms with van der Waals surface area (Å²) in [4.78, 5) is 2.52. The topological polar surface area (TPSA) is 23.5 Å². The van der Waals surface area contributed by atoms with E-state index in [-0.39, 0.29) is 5.41 Å². The first kappa shape index (κ1) is 24.9. The molecule has 0 saturated heterocycles. The van der Waals surface area contributed by atoms with E-state index in [1.807, 2.05) is 6.92 Å². The predicted octanol–water partition coefficient (Wildman–Crippen LogP) is 8.03. The van der Waals surface area contributed by atoms with E-state index in [4.69, 9.17) is 0 Å². The fourth-order valence-corrected chi connectivity index (χ4v) is 4.66. The lowest BCUT2D eigenvalue weighted by molar-refractivity contribution is 0.442. The van der Waals surface area contributed by atoms with Crippen LogP contribution in [0.15, 0.2) is 66.7 Å². The largest absolute Gasteiger partial charge is 0.507 e. The summed E-state index contributed by atoms with van der Waals surface area (Å²) < 4.78 is 0. The standard InChI is InChI=1S/C31H41NO/c1-22(2)17-24(4)32(21-27-18-23(3)30(33)29(20-27)31(5,6)7)28-15-13-26(14-16-28)19-25-11-9-8-10-12-25/h8-16,18,20,22,24,33H,17,19,21H2,1-7H3. The number of nitrogens with zero attached hydrogens (tertiary/aromatic N) is 1. The second kappa shape index (κ2) is 10.5. The summed E-state index contributed by atoms with van der Waals surface area (Å²) >= 11 is 0. The summed E-state index contributed by atoms with van der Waals surface area (Å²) in [7, 11) is 0. The summed E-state index contributed by atoms with van der Waals surface area (Å²) in [5, 5.41) is 10.7. The van der Waals surface area contributed by atoms with Crippen LogP contribution < -0.4 is 4.90 Å². The minimum atomic E-state index is -0.0989. The van der Waals surface area contributed by atoms with Crippen molar-refractivity contribution in [2.24, 2.45) is 5.92 Å². The Labute approximate surface area is 201 Å². The molecule has 2 heteroatoms. The third-order valence-electron chi connectivity index (χ3n) is 6.38. The van der Waals surface area contributed by atoms with E-state index < -0.39 is 0 Å². The Balaban J connectivity index is 1.90. The number of benzene rings is 3. The van der Waals surface area contributed by atoms with Crippen molar-refractivity contribution in [2.45, 2.75) is 79.3 Å². The number of aromatic hydroxyl groups is 1. The van der Waals surface area contributed by atoms with Gasteiger partial charge in [-0.05, 0) is 84.0 Å². The fourth-order valence-electron chi connectivity index (χ4n) is 4.66. The van der Waals surface area contributed by atoms with Crippen LogP contribution >= 0.6 is 0 Å². The van der Waals surface area contributed by atoms with Gasteiger partial charge in [0.1, 0.15) is 5.75 Å². The number of anilines is 1. The molecule has 2 nitrogen and oxygen atoms in total. The van der Waals surface area contributed by atoms with Crippen molar-refractivity contribution in [2.75, 3.05) is 4.90 Å². The highest BCUT2D eigenvalue weighted by Gasteiger charge is 2.22. The van der Waals surface area contributed by atoms with Gasteiger partial charge in [-0.2, -0.15) is 0 Å². The van der Waals surface area contributed by atoms with Crippen LogP contribution in [-0.2, 0) is 18.4 Å². The summed E-state index contributed by atoms with van der Waals surface area (Å²) in [5.41, 5.74) is 7.04. The molecule has 0 saturated carbocycles. The Morgan fingerprint density at radius 2 is 1.42 bits per heavy atom. The maximum Gasteiger partial charge on any atom is 0.122 e. The van der Waals surface area contributed by atoms with E-state index in [2.05, 4.69) is 113 Å².